The fourth-order valence-corrected chi connectivity index (χ4v) is 3.87. The van der Waals surface area contributed by atoms with Crippen molar-refractivity contribution in [1.29, 1.82) is 0 Å². The van der Waals surface area contributed by atoms with E-state index >= 15 is 0 Å². The summed E-state index contributed by atoms with van der Waals surface area (Å²) < 4.78 is 0.967. The summed E-state index contributed by atoms with van der Waals surface area (Å²) in [5.74, 6) is 0.287. The lowest BCUT2D eigenvalue weighted by molar-refractivity contribution is -0.122. The summed E-state index contributed by atoms with van der Waals surface area (Å²) in [5, 5.41) is 3.12. The molecule has 1 fully saturated rings. The van der Waals surface area contributed by atoms with E-state index < -0.39 is 0 Å². The maximum Gasteiger partial charge on any atom is 0.228 e. The smallest absolute Gasteiger partial charge is 0.228 e. The zero-order chi connectivity index (χ0) is 14.2. The van der Waals surface area contributed by atoms with Gasteiger partial charge in [-0.05, 0) is 65.2 Å². The molecule has 0 aliphatic heterocycles. The van der Waals surface area contributed by atoms with E-state index in [-0.39, 0.29) is 17.2 Å². The minimum absolute atomic E-state index is 0.120. The summed E-state index contributed by atoms with van der Waals surface area (Å²) in [4.78, 5) is 12.5. The first-order valence-electron chi connectivity index (χ1n) is 6.89. The summed E-state index contributed by atoms with van der Waals surface area (Å²) in [6.45, 7) is 8.49. The van der Waals surface area contributed by atoms with Crippen LogP contribution in [0.1, 0.15) is 44.2 Å². The molecule has 0 saturated heterocycles. The third kappa shape index (κ3) is 3.02. The molecule has 0 spiro atoms. The average Bonchev–Trinajstić information content (AvgIpc) is 2.63. The van der Waals surface area contributed by atoms with E-state index in [4.69, 9.17) is 0 Å². The number of carbonyl (C=O) groups excluding carboxylic acids is 1. The van der Waals surface area contributed by atoms with Crippen LogP contribution in [0.2, 0.25) is 0 Å². The molecule has 0 aromatic heterocycles. The van der Waals surface area contributed by atoms with Crippen molar-refractivity contribution in [1.82, 2.24) is 0 Å². The second kappa shape index (κ2) is 5.28. The van der Waals surface area contributed by atoms with Gasteiger partial charge in [-0.15, -0.1) is 0 Å². The van der Waals surface area contributed by atoms with Crippen molar-refractivity contribution >= 4 is 27.5 Å². The van der Waals surface area contributed by atoms with Gasteiger partial charge in [-0.3, -0.25) is 4.79 Å². The van der Waals surface area contributed by atoms with Crippen LogP contribution in [0.15, 0.2) is 16.6 Å². The molecule has 1 amide bonds. The highest BCUT2D eigenvalue weighted by atomic mass is 79.9. The molecule has 104 valence electrons. The van der Waals surface area contributed by atoms with Gasteiger partial charge < -0.3 is 5.32 Å². The van der Waals surface area contributed by atoms with Gasteiger partial charge in [0.1, 0.15) is 0 Å². The SMILES string of the molecule is Cc1cc(C)c(NC(=O)C2CCCC2(C)C)c(Br)c1. The van der Waals surface area contributed by atoms with Crippen LogP contribution >= 0.6 is 15.9 Å². The predicted molar refractivity (Wildman–Crippen MR) is 83.4 cm³/mol. The van der Waals surface area contributed by atoms with Gasteiger partial charge in [0.25, 0.3) is 0 Å². The standard InChI is InChI=1S/C16H22BrNO/c1-10-8-11(2)14(13(17)9-10)18-15(19)12-6-5-7-16(12,3)4/h8-9,12H,5-7H2,1-4H3,(H,18,19). The number of rotatable bonds is 2. The van der Waals surface area contributed by atoms with Crippen LogP contribution in [0.25, 0.3) is 0 Å². The van der Waals surface area contributed by atoms with Crippen molar-refractivity contribution in [2.45, 2.75) is 47.0 Å². The van der Waals surface area contributed by atoms with E-state index in [0.717, 1.165) is 35.0 Å². The summed E-state index contributed by atoms with van der Waals surface area (Å²) in [7, 11) is 0. The molecule has 1 aliphatic carbocycles. The van der Waals surface area contributed by atoms with E-state index in [1.54, 1.807) is 0 Å². The Bertz CT molecular complexity index is 484. The maximum atomic E-state index is 12.5. The van der Waals surface area contributed by atoms with Crippen molar-refractivity contribution in [3.8, 4) is 0 Å². The minimum atomic E-state index is 0.120. The number of nitrogens with one attached hydrogen (secondary N) is 1. The number of hydrogen-bond donors (Lipinski definition) is 1. The molecule has 0 bridgehead atoms. The normalized spacial score (nSPS) is 21.4. The van der Waals surface area contributed by atoms with Crippen LogP contribution in [-0.4, -0.2) is 5.91 Å². The quantitative estimate of drug-likeness (QED) is 0.829. The fourth-order valence-electron chi connectivity index (χ4n) is 3.10. The third-order valence-corrected chi connectivity index (χ3v) is 4.88. The lowest BCUT2D eigenvalue weighted by atomic mass is 9.81. The Kier molecular flexibility index (Phi) is 4.05. The van der Waals surface area contributed by atoms with Gasteiger partial charge in [-0.1, -0.05) is 26.3 Å². The van der Waals surface area contributed by atoms with E-state index in [2.05, 4.69) is 48.1 Å². The number of benzene rings is 1. The van der Waals surface area contributed by atoms with Crippen molar-refractivity contribution in [3.05, 3.63) is 27.7 Å². The van der Waals surface area contributed by atoms with Crippen molar-refractivity contribution < 1.29 is 4.79 Å². The Morgan fingerprint density at radius 3 is 2.58 bits per heavy atom. The molecule has 0 radical (unpaired) electrons. The van der Waals surface area contributed by atoms with E-state index in [1.807, 2.05) is 13.0 Å². The molecule has 1 unspecified atom stereocenters. The van der Waals surface area contributed by atoms with Crippen molar-refractivity contribution in [2.75, 3.05) is 5.32 Å². The number of amides is 1. The van der Waals surface area contributed by atoms with Crippen LogP contribution in [0.3, 0.4) is 0 Å². The number of carbonyl (C=O) groups is 1. The lowest BCUT2D eigenvalue weighted by Crippen LogP contribution is -2.31. The second-order valence-electron chi connectivity index (χ2n) is 6.36. The molecular formula is C16H22BrNO. The van der Waals surface area contributed by atoms with Crippen molar-refractivity contribution in [3.63, 3.8) is 0 Å². The fraction of sp³-hybridized carbons (Fsp3) is 0.562. The molecule has 0 heterocycles. The highest BCUT2D eigenvalue weighted by molar-refractivity contribution is 9.10. The predicted octanol–water partition coefficient (Wildman–Crippen LogP) is 4.83. The molecular weight excluding hydrogens is 302 g/mol. The Labute approximate surface area is 124 Å². The Hall–Kier alpha value is -0.830. The Morgan fingerprint density at radius 2 is 2.05 bits per heavy atom. The molecule has 19 heavy (non-hydrogen) atoms. The van der Waals surface area contributed by atoms with Crippen LogP contribution in [-0.2, 0) is 4.79 Å². The summed E-state index contributed by atoms with van der Waals surface area (Å²) in [6, 6.07) is 4.14. The summed E-state index contributed by atoms with van der Waals surface area (Å²) in [6.07, 6.45) is 3.29. The average molecular weight is 324 g/mol. The third-order valence-electron chi connectivity index (χ3n) is 4.25. The first-order chi connectivity index (χ1) is 8.81. The highest BCUT2D eigenvalue weighted by Gasteiger charge is 2.39. The number of aryl methyl sites for hydroxylation is 2. The molecule has 3 heteroatoms. The van der Waals surface area contributed by atoms with Crippen LogP contribution in [0.4, 0.5) is 5.69 Å². The molecule has 2 rings (SSSR count). The minimum Gasteiger partial charge on any atom is -0.325 e. The van der Waals surface area contributed by atoms with E-state index in [1.165, 1.54) is 5.56 Å². The molecule has 2 nitrogen and oxygen atoms in total. The van der Waals surface area contributed by atoms with Gasteiger partial charge in [0.15, 0.2) is 0 Å². The van der Waals surface area contributed by atoms with Gasteiger partial charge in [0.2, 0.25) is 5.91 Å². The molecule has 1 aromatic carbocycles. The molecule has 1 N–H and O–H groups in total. The summed E-state index contributed by atoms with van der Waals surface area (Å²) in [5.41, 5.74) is 3.34. The number of halogens is 1. The van der Waals surface area contributed by atoms with Gasteiger partial charge >= 0.3 is 0 Å². The highest BCUT2D eigenvalue weighted by Crippen LogP contribution is 2.43. The van der Waals surface area contributed by atoms with Gasteiger partial charge in [-0.25, -0.2) is 0 Å². The first kappa shape index (κ1) is 14.6. The molecule has 1 aliphatic rings. The molecule has 1 aromatic rings. The first-order valence-corrected chi connectivity index (χ1v) is 7.68. The van der Waals surface area contributed by atoms with E-state index in [9.17, 15) is 4.79 Å². The number of hydrogen-bond acceptors (Lipinski definition) is 1. The van der Waals surface area contributed by atoms with Crippen LogP contribution in [0.5, 0.6) is 0 Å². The number of anilines is 1. The largest absolute Gasteiger partial charge is 0.325 e. The Balaban J connectivity index is 2.20. The lowest BCUT2D eigenvalue weighted by Gasteiger charge is -2.26. The maximum absolute atomic E-state index is 12.5. The second-order valence-corrected chi connectivity index (χ2v) is 7.22. The zero-order valence-corrected chi connectivity index (χ0v) is 13.7. The van der Waals surface area contributed by atoms with Crippen LogP contribution < -0.4 is 5.32 Å². The summed E-state index contributed by atoms with van der Waals surface area (Å²) >= 11 is 3.55. The molecule has 1 saturated carbocycles. The monoisotopic (exact) mass is 323 g/mol. The topological polar surface area (TPSA) is 29.1 Å². The van der Waals surface area contributed by atoms with Gasteiger partial charge in [-0.2, -0.15) is 0 Å². The van der Waals surface area contributed by atoms with Gasteiger partial charge in [0.05, 0.1) is 5.69 Å². The van der Waals surface area contributed by atoms with Gasteiger partial charge in [0, 0.05) is 10.4 Å². The Morgan fingerprint density at radius 1 is 1.37 bits per heavy atom. The molecule has 1 atom stereocenters. The zero-order valence-electron chi connectivity index (χ0n) is 12.1. The van der Waals surface area contributed by atoms with Crippen LogP contribution in [0, 0.1) is 25.2 Å². The van der Waals surface area contributed by atoms with Crippen molar-refractivity contribution in [2.24, 2.45) is 11.3 Å². The van der Waals surface area contributed by atoms with E-state index in [0.29, 0.717) is 0 Å².